The summed E-state index contributed by atoms with van der Waals surface area (Å²) in [4.78, 5) is 14.8. The van der Waals surface area contributed by atoms with Crippen molar-refractivity contribution in [3.8, 4) is 5.69 Å². The fourth-order valence-electron chi connectivity index (χ4n) is 2.72. The second kappa shape index (κ2) is 6.75. The summed E-state index contributed by atoms with van der Waals surface area (Å²) in [5, 5.41) is 11.9. The molecule has 1 aromatic carbocycles. The Kier molecular flexibility index (Phi) is 4.14. The topological polar surface area (TPSA) is 84.7 Å². The molecule has 1 N–H and O–H groups in total. The first-order chi connectivity index (χ1) is 12.7. The molecule has 0 spiro atoms. The van der Waals surface area contributed by atoms with Crippen LogP contribution in [-0.4, -0.2) is 44.0 Å². The Hall–Kier alpha value is -3.55. The van der Waals surface area contributed by atoms with Crippen LogP contribution >= 0.6 is 0 Å². The molecule has 8 heteroatoms. The van der Waals surface area contributed by atoms with Crippen molar-refractivity contribution in [1.82, 2.24) is 29.9 Å². The van der Waals surface area contributed by atoms with Crippen molar-refractivity contribution in [2.45, 2.75) is 6.54 Å². The van der Waals surface area contributed by atoms with E-state index in [1.807, 2.05) is 55.4 Å². The predicted octanol–water partition coefficient (Wildman–Crippen LogP) is 2.28. The van der Waals surface area contributed by atoms with Crippen molar-refractivity contribution in [1.29, 1.82) is 0 Å². The first-order valence-corrected chi connectivity index (χ1v) is 8.19. The molecule has 0 radical (unpaired) electrons. The molecule has 0 fully saturated rings. The monoisotopic (exact) mass is 346 g/mol. The van der Waals surface area contributed by atoms with Gasteiger partial charge in [-0.15, -0.1) is 5.10 Å². The summed E-state index contributed by atoms with van der Waals surface area (Å²) in [5.74, 6) is 0.840. The van der Waals surface area contributed by atoms with Crippen molar-refractivity contribution in [2.75, 3.05) is 24.3 Å². The van der Waals surface area contributed by atoms with Gasteiger partial charge in [0.2, 0.25) is 0 Å². The average Bonchev–Trinajstić information content (AvgIpc) is 3.11. The SMILES string of the molecule is CN(C)c1ncc(-n2nnc3ccccc32)cc1NCc1ccncn1. The summed E-state index contributed by atoms with van der Waals surface area (Å²) >= 11 is 0. The summed E-state index contributed by atoms with van der Waals surface area (Å²) < 4.78 is 1.79. The molecular formula is C18H18N8. The van der Waals surface area contributed by atoms with E-state index in [0.717, 1.165) is 33.9 Å². The lowest BCUT2D eigenvalue weighted by Crippen LogP contribution is -2.15. The third-order valence-corrected chi connectivity index (χ3v) is 3.98. The minimum absolute atomic E-state index is 0.576. The summed E-state index contributed by atoms with van der Waals surface area (Å²) in [6, 6.07) is 11.7. The number of hydrogen-bond donors (Lipinski definition) is 1. The first kappa shape index (κ1) is 15.9. The van der Waals surface area contributed by atoms with Gasteiger partial charge < -0.3 is 10.2 Å². The zero-order chi connectivity index (χ0) is 17.9. The maximum Gasteiger partial charge on any atom is 0.151 e. The van der Waals surface area contributed by atoms with Gasteiger partial charge in [0, 0.05) is 20.3 Å². The summed E-state index contributed by atoms with van der Waals surface area (Å²) in [7, 11) is 3.92. The lowest BCUT2D eigenvalue weighted by molar-refractivity contribution is 0.819. The molecule has 0 saturated heterocycles. The van der Waals surface area contributed by atoms with E-state index < -0.39 is 0 Å². The maximum absolute atomic E-state index is 4.60. The highest BCUT2D eigenvalue weighted by atomic mass is 15.4. The molecule has 0 aliphatic rings. The van der Waals surface area contributed by atoms with Gasteiger partial charge in [0.05, 0.1) is 35.3 Å². The number of hydrogen-bond acceptors (Lipinski definition) is 7. The van der Waals surface area contributed by atoms with Gasteiger partial charge in [-0.05, 0) is 24.3 Å². The molecule has 3 aromatic heterocycles. The fraction of sp³-hybridized carbons (Fsp3) is 0.167. The van der Waals surface area contributed by atoms with Crippen molar-refractivity contribution in [2.24, 2.45) is 0 Å². The minimum Gasteiger partial charge on any atom is -0.376 e. The smallest absolute Gasteiger partial charge is 0.151 e. The highest BCUT2D eigenvalue weighted by Gasteiger charge is 2.12. The Balaban J connectivity index is 1.71. The number of pyridine rings is 1. The Morgan fingerprint density at radius 1 is 1.12 bits per heavy atom. The molecule has 0 aliphatic heterocycles. The molecule has 0 atom stereocenters. The molecule has 0 saturated carbocycles. The van der Waals surface area contributed by atoms with Gasteiger partial charge in [-0.2, -0.15) is 0 Å². The minimum atomic E-state index is 0.576. The van der Waals surface area contributed by atoms with Gasteiger partial charge in [0.1, 0.15) is 11.8 Å². The van der Waals surface area contributed by atoms with Crippen LogP contribution in [-0.2, 0) is 6.54 Å². The number of anilines is 2. The second-order valence-electron chi connectivity index (χ2n) is 6.00. The van der Waals surface area contributed by atoms with Crippen molar-refractivity contribution >= 4 is 22.5 Å². The molecule has 130 valence electrons. The van der Waals surface area contributed by atoms with Gasteiger partial charge in [0.15, 0.2) is 5.82 Å². The predicted molar refractivity (Wildman–Crippen MR) is 100 cm³/mol. The van der Waals surface area contributed by atoms with E-state index in [9.17, 15) is 0 Å². The van der Waals surface area contributed by atoms with Crippen LogP contribution in [0.5, 0.6) is 0 Å². The van der Waals surface area contributed by atoms with E-state index in [-0.39, 0.29) is 0 Å². The first-order valence-electron chi connectivity index (χ1n) is 8.19. The quantitative estimate of drug-likeness (QED) is 0.593. The molecular weight excluding hydrogens is 328 g/mol. The van der Waals surface area contributed by atoms with Crippen molar-refractivity contribution in [3.05, 3.63) is 60.8 Å². The number of nitrogens with one attached hydrogen (secondary N) is 1. The van der Waals surface area contributed by atoms with Crippen LogP contribution in [0.1, 0.15) is 5.69 Å². The maximum atomic E-state index is 4.60. The highest BCUT2D eigenvalue weighted by molar-refractivity contribution is 5.77. The summed E-state index contributed by atoms with van der Waals surface area (Å²) in [6.07, 6.45) is 5.07. The van der Waals surface area contributed by atoms with Crippen LogP contribution < -0.4 is 10.2 Å². The molecule has 0 unspecified atom stereocenters. The van der Waals surface area contributed by atoms with Crippen LogP contribution in [0.15, 0.2) is 55.1 Å². The molecule has 0 aliphatic carbocycles. The van der Waals surface area contributed by atoms with Crippen molar-refractivity contribution < 1.29 is 0 Å². The van der Waals surface area contributed by atoms with E-state index in [4.69, 9.17) is 0 Å². The van der Waals surface area contributed by atoms with Crippen LogP contribution in [0.2, 0.25) is 0 Å². The molecule has 0 bridgehead atoms. The second-order valence-corrected chi connectivity index (χ2v) is 6.00. The van der Waals surface area contributed by atoms with Crippen molar-refractivity contribution in [3.63, 3.8) is 0 Å². The molecule has 3 heterocycles. The molecule has 4 aromatic rings. The number of fused-ring (bicyclic) bond motifs is 1. The van der Waals surface area contributed by atoms with Gasteiger partial charge in [-0.1, -0.05) is 17.3 Å². The Labute approximate surface area is 150 Å². The zero-order valence-corrected chi connectivity index (χ0v) is 14.5. The van der Waals surface area contributed by atoms with Crippen LogP contribution in [0.3, 0.4) is 0 Å². The third kappa shape index (κ3) is 3.04. The normalized spacial score (nSPS) is 10.8. The number of aromatic nitrogens is 6. The van der Waals surface area contributed by atoms with Crippen LogP contribution in [0.25, 0.3) is 16.7 Å². The van der Waals surface area contributed by atoms with E-state index in [2.05, 4.69) is 30.6 Å². The molecule has 8 nitrogen and oxygen atoms in total. The average molecular weight is 346 g/mol. The third-order valence-electron chi connectivity index (χ3n) is 3.98. The van der Waals surface area contributed by atoms with E-state index in [1.54, 1.807) is 23.4 Å². The van der Waals surface area contributed by atoms with Gasteiger partial charge in [0.25, 0.3) is 0 Å². The van der Waals surface area contributed by atoms with Gasteiger partial charge in [-0.25, -0.2) is 19.6 Å². The number of nitrogens with zero attached hydrogens (tertiary/aromatic N) is 7. The number of para-hydroxylation sites is 1. The number of rotatable bonds is 5. The summed E-state index contributed by atoms with van der Waals surface area (Å²) in [5.41, 5.74) is 4.43. The molecule has 26 heavy (non-hydrogen) atoms. The Morgan fingerprint density at radius 3 is 2.81 bits per heavy atom. The molecule has 4 rings (SSSR count). The lowest BCUT2D eigenvalue weighted by atomic mass is 10.3. The van der Waals surface area contributed by atoms with Crippen LogP contribution in [0, 0.1) is 0 Å². The standard InChI is InChI=1S/C18H18N8/c1-25(2)18-16(20-10-13-7-8-19-12-22-13)9-14(11-21-18)26-17-6-4-3-5-15(17)23-24-26/h3-9,11-12,20H,10H2,1-2H3. The Bertz CT molecular complexity index is 1030. The fourth-order valence-corrected chi connectivity index (χ4v) is 2.72. The van der Waals surface area contributed by atoms with Gasteiger partial charge >= 0.3 is 0 Å². The largest absolute Gasteiger partial charge is 0.376 e. The van der Waals surface area contributed by atoms with E-state index in [1.165, 1.54) is 0 Å². The van der Waals surface area contributed by atoms with E-state index >= 15 is 0 Å². The zero-order valence-electron chi connectivity index (χ0n) is 14.5. The molecule has 0 amide bonds. The highest BCUT2D eigenvalue weighted by Crippen LogP contribution is 2.26. The van der Waals surface area contributed by atoms with Gasteiger partial charge in [-0.3, -0.25) is 0 Å². The lowest BCUT2D eigenvalue weighted by Gasteiger charge is -2.18. The van der Waals surface area contributed by atoms with E-state index in [0.29, 0.717) is 6.54 Å². The summed E-state index contributed by atoms with van der Waals surface area (Å²) in [6.45, 7) is 0.576. The Morgan fingerprint density at radius 2 is 2.00 bits per heavy atom. The number of benzene rings is 1. The van der Waals surface area contributed by atoms with Crippen LogP contribution in [0.4, 0.5) is 11.5 Å².